The molecule has 0 saturated heterocycles. The summed E-state index contributed by atoms with van der Waals surface area (Å²) in [6.07, 6.45) is 4.02. The molecule has 0 unspecified atom stereocenters. The van der Waals surface area contributed by atoms with Crippen LogP contribution in [0.2, 0.25) is 10.0 Å². The molecule has 19 heavy (non-hydrogen) atoms. The van der Waals surface area contributed by atoms with Crippen LogP contribution in [0.3, 0.4) is 0 Å². The molecule has 2 nitrogen and oxygen atoms in total. The summed E-state index contributed by atoms with van der Waals surface area (Å²) in [6, 6.07) is 7.55. The van der Waals surface area contributed by atoms with Gasteiger partial charge in [0.1, 0.15) is 6.29 Å². The van der Waals surface area contributed by atoms with Crippen LogP contribution in [0.25, 0.3) is 11.8 Å². The third-order valence-electron chi connectivity index (χ3n) is 3.00. The van der Waals surface area contributed by atoms with Crippen LogP contribution in [-0.2, 0) is 4.79 Å². The lowest BCUT2D eigenvalue weighted by Gasteiger charge is -2.12. The third-order valence-corrected chi connectivity index (χ3v) is 3.81. The van der Waals surface area contributed by atoms with Crippen molar-refractivity contribution in [2.45, 2.75) is 13.8 Å². The Labute approximate surface area is 122 Å². The summed E-state index contributed by atoms with van der Waals surface area (Å²) >= 11 is 12.3. The molecule has 0 fully saturated rings. The van der Waals surface area contributed by atoms with E-state index in [1.165, 1.54) is 6.08 Å². The molecule has 4 heteroatoms. The Morgan fingerprint density at radius 3 is 2.63 bits per heavy atom. The zero-order valence-corrected chi connectivity index (χ0v) is 12.2. The van der Waals surface area contributed by atoms with Gasteiger partial charge in [0, 0.05) is 11.4 Å². The number of aldehydes is 1. The van der Waals surface area contributed by atoms with Crippen LogP contribution in [0.5, 0.6) is 0 Å². The Morgan fingerprint density at radius 1 is 1.21 bits per heavy atom. The van der Waals surface area contributed by atoms with Gasteiger partial charge in [-0.3, -0.25) is 4.79 Å². The second-order valence-electron chi connectivity index (χ2n) is 4.23. The Kier molecular flexibility index (Phi) is 4.13. The summed E-state index contributed by atoms with van der Waals surface area (Å²) < 4.78 is 2.03. The van der Waals surface area contributed by atoms with Crippen molar-refractivity contribution in [3.05, 3.63) is 57.3 Å². The first kappa shape index (κ1) is 13.9. The Bertz CT molecular complexity index is 656. The van der Waals surface area contributed by atoms with Crippen molar-refractivity contribution < 1.29 is 4.79 Å². The second-order valence-corrected chi connectivity index (χ2v) is 5.02. The predicted octanol–water partition coefficient (Wildman–Crippen LogP) is 4.61. The van der Waals surface area contributed by atoms with E-state index in [0.29, 0.717) is 10.0 Å². The molecule has 0 atom stereocenters. The fourth-order valence-corrected chi connectivity index (χ4v) is 2.52. The fraction of sp³-hybridized carbons (Fsp3) is 0.133. The number of aryl methyl sites for hydroxylation is 1. The summed E-state index contributed by atoms with van der Waals surface area (Å²) in [4.78, 5) is 10.4. The number of nitrogens with zero attached hydrogens (tertiary/aromatic N) is 1. The molecular weight excluding hydrogens is 281 g/mol. The van der Waals surface area contributed by atoms with Gasteiger partial charge in [-0.05, 0) is 49.8 Å². The van der Waals surface area contributed by atoms with Crippen LogP contribution in [0, 0.1) is 13.8 Å². The van der Waals surface area contributed by atoms with E-state index in [-0.39, 0.29) is 0 Å². The number of benzene rings is 1. The molecule has 1 aromatic carbocycles. The quantitative estimate of drug-likeness (QED) is 0.598. The van der Waals surface area contributed by atoms with Gasteiger partial charge in [0.2, 0.25) is 0 Å². The van der Waals surface area contributed by atoms with Crippen molar-refractivity contribution in [2.24, 2.45) is 0 Å². The number of hydrogen-bond acceptors (Lipinski definition) is 1. The van der Waals surface area contributed by atoms with E-state index in [1.54, 1.807) is 12.1 Å². The maximum absolute atomic E-state index is 10.4. The second kappa shape index (κ2) is 5.64. The highest BCUT2D eigenvalue weighted by Crippen LogP contribution is 2.31. The molecule has 0 aliphatic rings. The molecule has 0 saturated carbocycles. The van der Waals surface area contributed by atoms with E-state index in [2.05, 4.69) is 0 Å². The van der Waals surface area contributed by atoms with Crippen molar-refractivity contribution >= 4 is 35.6 Å². The molecule has 2 rings (SSSR count). The molecule has 1 heterocycles. The molecule has 0 bridgehead atoms. The standard InChI is InChI=1S/C15H13Cl2NO/c1-10-9-12(5-4-8-19)11(2)18(10)14-7-3-6-13(16)15(14)17/h3-9H,1-2H3. The summed E-state index contributed by atoms with van der Waals surface area (Å²) in [7, 11) is 0. The van der Waals surface area contributed by atoms with Gasteiger partial charge in [0.15, 0.2) is 0 Å². The average Bonchev–Trinajstić information content (AvgIpc) is 2.66. The lowest BCUT2D eigenvalue weighted by molar-refractivity contribution is -0.104. The van der Waals surface area contributed by atoms with E-state index in [0.717, 1.165) is 28.9 Å². The molecule has 0 aliphatic carbocycles. The van der Waals surface area contributed by atoms with Crippen LogP contribution in [-0.4, -0.2) is 10.9 Å². The smallest absolute Gasteiger partial charge is 0.142 e. The van der Waals surface area contributed by atoms with Gasteiger partial charge in [-0.25, -0.2) is 0 Å². The van der Waals surface area contributed by atoms with Gasteiger partial charge < -0.3 is 4.57 Å². The summed E-state index contributed by atoms with van der Waals surface area (Å²) in [5.74, 6) is 0. The maximum Gasteiger partial charge on any atom is 0.142 e. The van der Waals surface area contributed by atoms with Crippen LogP contribution in [0.4, 0.5) is 0 Å². The van der Waals surface area contributed by atoms with Crippen LogP contribution in [0.1, 0.15) is 17.0 Å². The van der Waals surface area contributed by atoms with Gasteiger partial charge in [0.05, 0.1) is 15.7 Å². The largest absolute Gasteiger partial charge is 0.316 e. The van der Waals surface area contributed by atoms with Crippen molar-refractivity contribution in [2.75, 3.05) is 0 Å². The lowest BCUT2D eigenvalue weighted by Crippen LogP contribution is -2.00. The minimum atomic E-state index is 0.525. The first-order chi connectivity index (χ1) is 9.06. The SMILES string of the molecule is Cc1cc(C=CC=O)c(C)n1-c1cccc(Cl)c1Cl. The number of carbonyl (C=O) groups is 1. The topological polar surface area (TPSA) is 22.0 Å². The molecular formula is C15H13Cl2NO. The zero-order chi connectivity index (χ0) is 14.0. The molecule has 0 spiro atoms. The zero-order valence-electron chi connectivity index (χ0n) is 10.7. The van der Waals surface area contributed by atoms with Crippen molar-refractivity contribution in [1.29, 1.82) is 0 Å². The molecule has 98 valence electrons. The van der Waals surface area contributed by atoms with Crippen molar-refractivity contribution in [3.63, 3.8) is 0 Å². The normalized spacial score (nSPS) is 11.2. The van der Waals surface area contributed by atoms with E-state index < -0.39 is 0 Å². The van der Waals surface area contributed by atoms with Gasteiger partial charge in [-0.2, -0.15) is 0 Å². The van der Waals surface area contributed by atoms with Crippen LogP contribution < -0.4 is 0 Å². The molecule has 0 aliphatic heterocycles. The Morgan fingerprint density at radius 2 is 1.95 bits per heavy atom. The first-order valence-corrected chi connectivity index (χ1v) is 6.57. The minimum absolute atomic E-state index is 0.525. The monoisotopic (exact) mass is 293 g/mol. The van der Waals surface area contributed by atoms with Gasteiger partial charge in [-0.1, -0.05) is 29.3 Å². The summed E-state index contributed by atoms with van der Waals surface area (Å²) in [5, 5.41) is 1.05. The molecule has 0 radical (unpaired) electrons. The molecule has 0 N–H and O–H groups in total. The molecule has 1 aromatic heterocycles. The number of carbonyl (C=O) groups excluding carboxylic acids is 1. The molecule has 0 amide bonds. The fourth-order valence-electron chi connectivity index (χ4n) is 2.14. The third kappa shape index (κ3) is 2.60. The van der Waals surface area contributed by atoms with Gasteiger partial charge >= 0.3 is 0 Å². The van der Waals surface area contributed by atoms with E-state index >= 15 is 0 Å². The summed E-state index contributed by atoms with van der Waals surface area (Å²) in [6.45, 7) is 3.97. The highest BCUT2D eigenvalue weighted by Gasteiger charge is 2.12. The van der Waals surface area contributed by atoms with Gasteiger partial charge in [0.25, 0.3) is 0 Å². The highest BCUT2D eigenvalue weighted by molar-refractivity contribution is 6.43. The van der Waals surface area contributed by atoms with E-state index in [9.17, 15) is 4.79 Å². The number of halogens is 2. The number of aromatic nitrogens is 1. The predicted molar refractivity (Wildman–Crippen MR) is 80.4 cm³/mol. The van der Waals surface area contributed by atoms with E-state index in [1.807, 2.05) is 36.6 Å². The lowest BCUT2D eigenvalue weighted by atomic mass is 10.2. The maximum atomic E-state index is 10.4. The minimum Gasteiger partial charge on any atom is -0.316 e. The first-order valence-electron chi connectivity index (χ1n) is 5.81. The van der Waals surface area contributed by atoms with Crippen LogP contribution in [0.15, 0.2) is 30.3 Å². The average molecular weight is 294 g/mol. The van der Waals surface area contributed by atoms with Crippen LogP contribution >= 0.6 is 23.2 Å². The van der Waals surface area contributed by atoms with Crippen molar-refractivity contribution in [3.8, 4) is 5.69 Å². The summed E-state index contributed by atoms with van der Waals surface area (Å²) in [5.41, 5.74) is 3.88. The number of rotatable bonds is 3. The highest BCUT2D eigenvalue weighted by atomic mass is 35.5. The van der Waals surface area contributed by atoms with Crippen molar-refractivity contribution in [1.82, 2.24) is 4.57 Å². The Balaban J connectivity index is 2.63. The number of hydrogen-bond donors (Lipinski definition) is 0. The molecule has 2 aromatic rings. The van der Waals surface area contributed by atoms with Gasteiger partial charge in [-0.15, -0.1) is 0 Å². The Hall–Kier alpha value is -1.51. The number of allylic oxidation sites excluding steroid dienone is 1. The van der Waals surface area contributed by atoms with E-state index in [4.69, 9.17) is 23.2 Å².